The Morgan fingerprint density at radius 2 is 1.50 bits per heavy atom. The number of hydrogen-bond donors (Lipinski definition) is 3. The molecule has 0 aromatic heterocycles. The van der Waals surface area contributed by atoms with E-state index in [1.807, 2.05) is 48.5 Å². The maximum absolute atomic E-state index is 10.4. The maximum atomic E-state index is 10.4. The molecule has 0 heterocycles. The summed E-state index contributed by atoms with van der Waals surface area (Å²) < 4.78 is 0. The second-order valence-corrected chi connectivity index (χ2v) is 11.9. The third kappa shape index (κ3) is 6.51. The molecule has 32 heavy (non-hydrogen) atoms. The third-order valence-corrected chi connectivity index (χ3v) is 9.57. The first-order valence-corrected chi connectivity index (χ1v) is 14.0. The van der Waals surface area contributed by atoms with Gasteiger partial charge in [0.05, 0.1) is 11.7 Å². The summed E-state index contributed by atoms with van der Waals surface area (Å²) in [6.45, 7) is 18.9. The first-order chi connectivity index (χ1) is 15.0. The van der Waals surface area contributed by atoms with E-state index in [9.17, 15) is 15.3 Å². The molecule has 0 bridgehead atoms. The van der Waals surface area contributed by atoms with Crippen molar-refractivity contribution in [3.05, 3.63) is 0 Å². The summed E-state index contributed by atoms with van der Waals surface area (Å²) in [6.07, 6.45) is 11.6. The molecule has 0 aromatic carbocycles. The van der Waals surface area contributed by atoms with E-state index in [0.717, 1.165) is 37.0 Å². The van der Waals surface area contributed by atoms with Crippen LogP contribution < -0.4 is 0 Å². The minimum Gasteiger partial charge on any atom is -0.396 e. The van der Waals surface area contributed by atoms with Gasteiger partial charge in [0.15, 0.2) is 0 Å². The molecule has 3 fully saturated rings. The fraction of sp³-hybridized carbons (Fsp3) is 1.00. The SMILES string of the molecule is CC.CC.CC(O)CC1CCC2C(CCC3(C)C(CCCC(C)(C)O)CCC23)C1(C)CO. The van der Waals surface area contributed by atoms with Gasteiger partial charge in [0.25, 0.3) is 0 Å². The zero-order chi connectivity index (χ0) is 24.7. The van der Waals surface area contributed by atoms with Gasteiger partial charge < -0.3 is 15.3 Å². The van der Waals surface area contributed by atoms with Gasteiger partial charge in [-0.2, -0.15) is 0 Å². The van der Waals surface area contributed by atoms with E-state index in [-0.39, 0.29) is 18.1 Å². The lowest BCUT2D eigenvalue weighted by Crippen LogP contribution is -2.53. The lowest BCUT2D eigenvalue weighted by Gasteiger charge is -2.59. The highest BCUT2D eigenvalue weighted by molar-refractivity contribution is 5.08. The molecule has 0 radical (unpaired) electrons. The second-order valence-electron chi connectivity index (χ2n) is 11.9. The molecule has 0 aromatic rings. The number of fused-ring (bicyclic) bond motifs is 3. The fourth-order valence-corrected chi connectivity index (χ4v) is 7.94. The van der Waals surface area contributed by atoms with Crippen LogP contribution in [0.3, 0.4) is 0 Å². The first-order valence-electron chi connectivity index (χ1n) is 14.0. The molecule has 0 spiro atoms. The van der Waals surface area contributed by atoms with Gasteiger partial charge in [-0.15, -0.1) is 0 Å². The Bertz CT molecular complexity index is 525. The van der Waals surface area contributed by atoms with Crippen molar-refractivity contribution in [3.63, 3.8) is 0 Å². The zero-order valence-electron chi connectivity index (χ0n) is 23.1. The molecule has 3 aliphatic rings. The van der Waals surface area contributed by atoms with E-state index in [1.165, 1.54) is 44.9 Å². The van der Waals surface area contributed by atoms with Crippen molar-refractivity contribution in [2.45, 2.75) is 138 Å². The summed E-state index contributed by atoms with van der Waals surface area (Å²) in [5.74, 6) is 3.42. The van der Waals surface area contributed by atoms with Gasteiger partial charge in [-0.05, 0) is 119 Å². The van der Waals surface area contributed by atoms with E-state index in [4.69, 9.17) is 0 Å². The van der Waals surface area contributed by atoms with Crippen LogP contribution in [0.1, 0.15) is 127 Å². The summed E-state index contributed by atoms with van der Waals surface area (Å²) in [5, 5.41) is 30.5. The molecule has 8 atom stereocenters. The average Bonchev–Trinajstić information content (AvgIpc) is 3.08. The quantitative estimate of drug-likeness (QED) is 0.380. The highest BCUT2D eigenvalue weighted by Crippen LogP contribution is 2.66. The lowest BCUT2D eigenvalue weighted by molar-refractivity contribution is -0.122. The van der Waals surface area contributed by atoms with E-state index in [0.29, 0.717) is 17.3 Å². The van der Waals surface area contributed by atoms with Crippen molar-refractivity contribution in [2.24, 2.45) is 40.4 Å². The first kappa shape index (κ1) is 29.9. The van der Waals surface area contributed by atoms with Gasteiger partial charge in [-0.1, -0.05) is 48.0 Å². The molecule has 3 aliphatic carbocycles. The topological polar surface area (TPSA) is 60.7 Å². The molecule has 0 aliphatic heterocycles. The molecule has 3 nitrogen and oxygen atoms in total. The number of rotatable bonds is 7. The number of aliphatic hydroxyl groups excluding tert-OH is 2. The molecule has 3 heteroatoms. The van der Waals surface area contributed by atoms with Gasteiger partial charge in [0, 0.05) is 6.61 Å². The molecule has 192 valence electrons. The van der Waals surface area contributed by atoms with Gasteiger partial charge in [-0.3, -0.25) is 0 Å². The average molecular weight is 455 g/mol. The smallest absolute Gasteiger partial charge is 0.0591 e. The van der Waals surface area contributed by atoms with Crippen molar-refractivity contribution >= 4 is 0 Å². The van der Waals surface area contributed by atoms with Crippen molar-refractivity contribution in [1.29, 1.82) is 0 Å². The van der Waals surface area contributed by atoms with Crippen LogP contribution in [-0.4, -0.2) is 33.6 Å². The predicted octanol–water partition coefficient (Wildman–Crippen LogP) is 7.22. The monoisotopic (exact) mass is 454 g/mol. The lowest BCUT2D eigenvalue weighted by atomic mass is 9.46. The van der Waals surface area contributed by atoms with Crippen LogP contribution in [0.5, 0.6) is 0 Å². The Morgan fingerprint density at radius 3 is 2.03 bits per heavy atom. The van der Waals surface area contributed by atoms with Gasteiger partial charge in [0.1, 0.15) is 0 Å². The summed E-state index contributed by atoms with van der Waals surface area (Å²) >= 11 is 0. The Hall–Kier alpha value is -0.120. The van der Waals surface area contributed by atoms with Crippen molar-refractivity contribution in [1.82, 2.24) is 0 Å². The van der Waals surface area contributed by atoms with Crippen molar-refractivity contribution < 1.29 is 15.3 Å². The molecular formula is C29H58O3. The van der Waals surface area contributed by atoms with Crippen LogP contribution in [0.4, 0.5) is 0 Å². The molecule has 3 N–H and O–H groups in total. The van der Waals surface area contributed by atoms with Crippen LogP contribution >= 0.6 is 0 Å². The molecule has 8 unspecified atom stereocenters. The van der Waals surface area contributed by atoms with E-state index < -0.39 is 5.60 Å². The summed E-state index contributed by atoms with van der Waals surface area (Å²) in [4.78, 5) is 0. The molecule has 0 saturated heterocycles. The Balaban J connectivity index is 0.00000121. The standard InChI is InChI=1S/C25H46O3.2C2H6/c1-17(27)15-19-8-10-20-21-11-9-18(7-6-13-23(2,3)28)24(21,4)14-12-22(20)25(19,5)16-26;2*1-2/h17-22,26-28H,6-16H2,1-5H3;2*1-2H3. The van der Waals surface area contributed by atoms with Crippen LogP contribution in [0, 0.1) is 40.4 Å². The highest BCUT2D eigenvalue weighted by Gasteiger charge is 2.59. The van der Waals surface area contributed by atoms with Crippen LogP contribution in [-0.2, 0) is 0 Å². The van der Waals surface area contributed by atoms with E-state index in [1.54, 1.807) is 0 Å². The van der Waals surface area contributed by atoms with Crippen molar-refractivity contribution in [2.75, 3.05) is 6.61 Å². The molecule has 3 saturated carbocycles. The van der Waals surface area contributed by atoms with Gasteiger partial charge in [0.2, 0.25) is 0 Å². The predicted molar refractivity (Wildman–Crippen MR) is 138 cm³/mol. The molecular weight excluding hydrogens is 396 g/mol. The Kier molecular flexibility index (Phi) is 11.7. The Morgan fingerprint density at radius 1 is 0.906 bits per heavy atom. The van der Waals surface area contributed by atoms with Crippen LogP contribution in [0.2, 0.25) is 0 Å². The second kappa shape index (κ2) is 12.5. The van der Waals surface area contributed by atoms with Gasteiger partial charge in [-0.25, -0.2) is 0 Å². The molecule has 3 rings (SSSR count). The van der Waals surface area contributed by atoms with Crippen LogP contribution in [0.15, 0.2) is 0 Å². The summed E-state index contributed by atoms with van der Waals surface area (Å²) in [6, 6.07) is 0. The number of hydrogen-bond acceptors (Lipinski definition) is 3. The van der Waals surface area contributed by atoms with E-state index >= 15 is 0 Å². The summed E-state index contributed by atoms with van der Waals surface area (Å²) in [5.41, 5.74) is -0.115. The van der Waals surface area contributed by atoms with Crippen LogP contribution in [0.25, 0.3) is 0 Å². The highest BCUT2D eigenvalue weighted by atomic mass is 16.3. The largest absolute Gasteiger partial charge is 0.396 e. The van der Waals surface area contributed by atoms with E-state index in [2.05, 4.69) is 13.8 Å². The summed E-state index contributed by atoms with van der Waals surface area (Å²) in [7, 11) is 0. The minimum absolute atomic E-state index is 0.0275. The third-order valence-electron chi connectivity index (χ3n) is 9.57. The maximum Gasteiger partial charge on any atom is 0.0591 e. The number of aliphatic hydroxyl groups is 3. The Labute approximate surface area is 200 Å². The minimum atomic E-state index is -0.540. The van der Waals surface area contributed by atoms with Gasteiger partial charge >= 0.3 is 0 Å². The zero-order valence-corrected chi connectivity index (χ0v) is 23.1. The normalized spacial score (nSPS) is 39.6. The molecule has 0 amide bonds. The fourth-order valence-electron chi connectivity index (χ4n) is 7.94. The van der Waals surface area contributed by atoms with Crippen molar-refractivity contribution in [3.8, 4) is 0 Å².